The van der Waals surface area contributed by atoms with Crippen LogP contribution in [0.2, 0.25) is 0 Å². The van der Waals surface area contributed by atoms with Crippen LogP contribution in [-0.2, 0) is 11.2 Å². The summed E-state index contributed by atoms with van der Waals surface area (Å²) in [7, 11) is 0. The molecule has 88 valence electrons. The monoisotopic (exact) mass is 232 g/mol. The largest absolute Gasteiger partial charge is 0.481 e. The zero-order chi connectivity index (χ0) is 12.0. The van der Waals surface area contributed by atoms with Crippen LogP contribution in [0.5, 0.6) is 0 Å². The third kappa shape index (κ3) is 1.73. The quantitative estimate of drug-likeness (QED) is 0.837. The lowest BCUT2D eigenvalue weighted by atomic mass is 10.1. The van der Waals surface area contributed by atoms with E-state index in [4.69, 9.17) is 5.11 Å². The van der Waals surface area contributed by atoms with Gasteiger partial charge in [0.2, 0.25) is 0 Å². The number of aliphatic carboxylic acids is 1. The molecule has 1 aliphatic carbocycles. The number of carbonyl (C=O) groups is 1. The molecule has 17 heavy (non-hydrogen) atoms. The van der Waals surface area contributed by atoms with Crippen LogP contribution in [-0.4, -0.2) is 20.6 Å². The average molecular weight is 232 g/mol. The van der Waals surface area contributed by atoms with Crippen molar-refractivity contribution in [3.05, 3.63) is 34.2 Å². The van der Waals surface area contributed by atoms with Gasteiger partial charge in [0.15, 0.2) is 0 Å². The molecule has 0 atom stereocenters. The average Bonchev–Trinajstić information content (AvgIpc) is 3.00. The van der Waals surface area contributed by atoms with Crippen LogP contribution in [0.3, 0.4) is 0 Å². The number of H-pyrrole nitrogens is 1. The topological polar surface area (TPSA) is 75.1 Å². The minimum Gasteiger partial charge on any atom is -0.481 e. The number of hydrogen-bond acceptors (Lipinski definition) is 2. The van der Waals surface area contributed by atoms with Gasteiger partial charge in [-0.3, -0.25) is 9.36 Å². The first-order valence-electron chi connectivity index (χ1n) is 5.60. The predicted octanol–water partition coefficient (Wildman–Crippen LogP) is 1.29. The molecule has 1 fully saturated rings. The summed E-state index contributed by atoms with van der Waals surface area (Å²) in [5, 5.41) is 8.72. The van der Waals surface area contributed by atoms with E-state index >= 15 is 0 Å². The molecule has 0 amide bonds. The summed E-state index contributed by atoms with van der Waals surface area (Å²) in [5.41, 5.74) is 2.19. The molecule has 3 rings (SSSR count). The lowest BCUT2D eigenvalue weighted by Gasteiger charge is -2.01. The maximum atomic E-state index is 11.7. The van der Waals surface area contributed by atoms with Gasteiger partial charge in [0.1, 0.15) is 0 Å². The van der Waals surface area contributed by atoms with Crippen LogP contribution in [0.4, 0.5) is 0 Å². The molecule has 2 aromatic rings. The van der Waals surface area contributed by atoms with Crippen LogP contribution in [0.1, 0.15) is 24.4 Å². The molecule has 0 saturated heterocycles. The van der Waals surface area contributed by atoms with Crippen molar-refractivity contribution in [1.82, 2.24) is 9.55 Å². The molecule has 0 spiro atoms. The number of carboxylic acid groups (broad SMARTS) is 1. The van der Waals surface area contributed by atoms with Gasteiger partial charge in [0, 0.05) is 6.04 Å². The maximum absolute atomic E-state index is 11.7. The highest BCUT2D eigenvalue weighted by molar-refractivity contribution is 5.78. The lowest BCUT2D eigenvalue weighted by Crippen LogP contribution is -2.14. The summed E-state index contributed by atoms with van der Waals surface area (Å²) >= 11 is 0. The highest BCUT2D eigenvalue weighted by Crippen LogP contribution is 2.35. The van der Waals surface area contributed by atoms with Gasteiger partial charge in [-0.25, -0.2) is 4.79 Å². The molecule has 0 radical (unpaired) electrons. The highest BCUT2D eigenvalue weighted by atomic mass is 16.4. The minimum absolute atomic E-state index is 0.0213. The Kier molecular flexibility index (Phi) is 2.07. The molecular formula is C12H12N2O3. The Balaban J connectivity index is 2.12. The number of benzene rings is 1. The maximum Gasteiger partial charge on any atom is 0.326 e. The normalized spacial score (nSPS) is 15.3. The summed E-state index contributed by atoms with van der Waals surface area (Å²) in [6.07, 6.45) is 2.07. The van der Waals surface area contributed by atoms with E-state index in [0.29, 0.717) is 11.6 Å². The van der Waals surface area contributed by atoms with E-state index in [1.54, 1.807) is 16.7 Å². The SMILES string of the molecule is O=C(O)Cc1ccc2c(c1)[nH]c(=O)n2C1CC1. The van der Waals surface area contributed by atoms with Crippen LogP contribution in [0.15, 0.2) is 23.0 Å². The first kappa shape index (κ1) is 10.1. The van der Waals surface area contributed by atoms with Gasteiger partial charge < -0.3 is 10.1 Å². The van der Waals surface area contributed by atoms with E-state index in [-0.39, 0.29) is 12.1 Å². The Morgan fingerprint density at radius 1 is 1.47 bits per heavy atom. The van der Waals surface area contributed by atoms with E-state index in [1.165, 1.54) is 0 Å². The number of nitrogens with one attached hydrogen (secondary N) is 1. The zero-order valence-electron chi connectivity index (χ0n) is 9.14. The molecule has 5 nitrogen and oxygen atoms in total. The Hall–Kier alpha value is -2.04. The Labute approximate surface area is 96.7 Å². The fourth-order valence-corrected chi connectivity index (χ4v) is 2.16. The number of nitrogens with zero attached hydrogens (tertiary/aromatic N) is 1. The van der Waals surface area contributed by atoms with Crippen molar-refractivity contribution < 1.29 is 9.90 Å². The highest BCUT2D eigenvalue weighted by Gasteiger charge is 2.27. The summed E-state index contributed by atoms with van der Waals surface area (Å²) in [4.78, 5) is 25.1. The molecule has 1 aromatic carbocycles. The molecule has 1 aliphatic rings. The van der Waals surface area contributed by atoms with Crippen LogP contribution < -0.4 is 5.69 Å². The molecule has 5 heteroatoms. The van der Waals surface area contributed by atoms with Gasteiger partial charge in [0.05, 0.1) is 17.5 Å². The van der Waals surface area contributed by atoms with Gasteiger partial charge >= 0.3 is 11.7 Å². The Morgan fingerprint density at radius 2 is 2.24 bits per heavy atom. The zero-order valence-corrected chi connectivity index (χ0v) is 9.14. The third-order valence-corrected chi connectivity index (χ3v) is 3.05. The number of aromatic nitrogens is 2. The molecule has 1 saturated carbocycles. The number of imidazole rings is 1. The summed E-state index contributed by atoms with van der Waals surface area (Å²) in [6, 6.07) is 5.65. The van der Waals surface area contributed by atoms with E-state index < -0.39 is 5.97 Å². The molecule has 1 aromatic heterocycles. The fourth-order valence-electron chi connectivity index (χ4n) is 2.16. The van der Waals surface area contributed by atoms with Gasteiger partial charge in [0.25, 0.3) is 0 Å². The fraction of sp³-hybridized carbons (Fsp3) is 0.333. The number of aromatic amines is 1. The van der Waals surface area contributed by atoms with E-state index in [1.807, 2.05) is 6.07 Å². The molecule has 0 bridgehead atoms. The standard InChI is InChI=1S/C12H12N2O3/c15-11(16)6-7-1-4-10-9(5-7)13-12(17)14(10)8-2-3-8/h1,4-5,8H,2-3,6H2,(H,13,17)(H,15,16). The number of fused-ring (bicyclic) bond motifs is 1. The van der Waals surface area contributed by atoms with Crippen molar-refractivity contribution in [3.8, 4) is 0 Å². The second-order valence-corrected chi connectivity index (χ2v) is 4.45. The van der Waals surface area contributed by atoms with Gasteiger partial charge in [-0.15, -0.1) is 0 Å². The van der Waals surface area contributed by atoms with Crippen LogP contribution >= 0.6 is 0 Å². The van der Waals surface area contributed by atoms with Crippen molar-refractivity contribution in [3.63, 3.8) is 0 Å². The second-order valence-electron chi connectivity index (χ2n) is 4.45. The summed E-state index contributed by atoms with van der Waals surface area (Å²) < 4.78 is 1.76. The lowest BCUT2D eigenvalue weighted by molar-refractivity contribution is -0.136. The Bertz CT molecular complexity index is 649. The first-order valence-corrected chi connectivity index (χ1v) is 5.60. The molecule has 0 unspecified atom stereocenters. The predicted molar refractivity (Wildman–Crippen MR) is 62.2 cm³/mol. The van der Waals surface area contributed by atoms with Crippen molar-refractivity contribution in [2.75, 3.05) is 0 Å². The minimum atomic E-state index is -0.867. The van der Waals surface area contributed by atoms with Crippen molar-refractivity contribution in [1.29, 1.82) is 0 Å². The van der Waals surface area contributed by atoms with E-state index in [9.17, 15) is 9.59 Å². The van der Waals surface area contributed by atoms with Crippen LogP contribution in [0.25, 0.3) is 11.0 Å². The van der Waals surface area contributed by atoms with Crippen molar-refractivity contribution >= 4 is 17.0 Å². The third-order valence-electron chi connectivity index (χ3n) is 3.05. The van der Waals surface area contributed by atoms with Crippen LogP contribution in [0, 0.1) is 0 Å². The number of hydrogen-bond donors (Lipinski definition) is 2. The molecule has 0 aliphatic heterocycles. The number of rotatable bonds is 3. The molecule has 1 heterocycles. The number of carboxylic acids is 1. The first-order chi connectivity index (χ1) is 8.15. The van der Waals surface area contributed by atoms with Crippen molar-refractivity contribution in [2.24, 2.45) is 0 Å². The van der Waals surface area contributed by atoms with E-state index in [2.05, 4.69) is 4.98 Å². The van der Waals surface area contributed by atoms with Gasteiger partial charge in [-0.1, -0.05) is 6.07 Å². The van der Waals surface area contributed by atoms with Gasteiger partial charge in [-0.05, 0) is 30.5 Å². The van der Waals surface area contributed by atoms with Crippen molar-refractivity contribution in [2.45, 2.75) is 25.3 Å². The smallest absolute Gasteiger partial charge is 0.326 e. The molecular weight excluding hydrogens is 220 g/mol. The summed E-state index contributed by atoms with van der Waals surface area (Å²) in [5.74, 6) is -0.867. The van der Waals surface area contributed by atoms with E-state index in [0.717, 1.165) is 23.9 Å². The second kappa shape index (κ2) is 3.48. The Morgan fingerprint density at radius 3 is 2.88 bits per heavy atom. The summed E-state index contributed by atoms with van der Waals surface area (Å²) in [6.45, 7) is 0. The van der Waals surface area contributed by atoms with Gasteiger partial charge in [-0.2, -0.15) is 0 Å². The molecule has 2 N–H and O–H groups in total.